The second-order valence-corrected chi connectivity index (χ2v) is 6.25. The first-order valence-electron chi connectivity index (χ1n) is 8.57. The summed E-state index contributed by atoms with van der Waals surface area (Å²) in [7, 11) is 0. The predicted molar refractivity (Wildman–Crippen MR) is 93.8 cm³/mol. The summed E-state index contributed by atoms with van der Waals surface area (Å²) in [5.74, 6) is 0.840. The molecule has 0 radical (unpaired) electrons. The maximum atomic E-state index is 12.3. The summed E-state index contributed by atoms with van der Waals surface area (Å²) in [6, 6.07) is 8.51. The van der Waals surface area contributed by atoms with Crippen molar-refractivity contribution >= 4 is 5.91 Å². The molecule has 0 bridgehead atoms. The zero-order valence-corrected chi connectivity index (χ0v) is 14.5. The van der Waals surface area contributed by atoms with Crippen molar-refractivity contribution in [3.8, 4) is 5.95 Å². The number of hydrogen-bond acceptors (Lipinski definition) is 6. The fraction of sp³-hybridized carbons (Fsp3) is 0.353. The Hall–Kier alpha value is -3.07. The minimum atomic E-state index is -0.288. The molecule has 9 nitrogen and oxygen atoms in total. The van der Waals surface area contributed by atoms with Crippen LogP contribution in [0.1, 0.15) is 27.6 Å². The molecular weight excluding hydrogens is 332 g/mol. The molecule has 0 aliphatic carbocycles. The first-order chi connectivity index (χ1) is 12.7. The van der Waals surface area contributed by atoms with E-state index >= 15 is 0 Å². The zero-order valence-electron chi connectivity index (χ0n) is 14.5. The average molecular weight is 352 g/mol. The highest BCUT2D eigenvalue weighted by Gasteiger charge is 2.18. The Morgan fingerprint density at radius 1 is 1.31 bits per heavy atom. The molecule has 26 heavy (non-hydrogen) atoms. The van der Waals surface area contributed by atoms with Gasteiger partial charge in [0.15, 0.2) is 0 Å². The van der Waals surface area contributed by atoms with Crippen molar-refractivity contribution in [1.82, 2.24) is 40.2 Å². The Morgan fingerprint density at radius 2 is 2.15 bits per heavy atom. The molecule has 0 unspecified atom stereocenters. The van der Waals surface area contributed by atoms with Crippen LogP contribution in [0.25, 0.3) is 5.95 Å². The van der Waals surface area contributed by atoms with E-state index in [4.69, 9.17) is 0 Å². The number of fused-ring (bicyclic) bond motifs is 1. The monoisotopic (exact) mass is 352 g/mol. The molecule has 2 N–H and O–H groups in total. The van der Waals surface area contributed by atoms with E-state index < -0.39 is 0 Å². The van der Waals surface area contributed by atoms with Gasteiger partial charge in [-0.15, -0.1) is 5.10 Å². The number of benzene rings is 1. The SMILES string of the molecule is Cc1nc(C(=O)NCCN2CCc3ccccc3C2)nn1-c1ncn[nH]1. The van der Waals surface area contributed by atoms with Gasteiger partial charge in [-0.2, -0.15) is 14.8 Å². The van der Waals surface area contributed by atoms with Gasteiger partial charge in [0.2, 0.25) is 11.8 Å². The zero-order chi connectivity index (χ0) is 17.9. The number of aryl methyl sites for hydroxylation is 1. The molecule has 0 saturated carbocycles. The predicted octanol–water partition coefficient (Wildman–Crippen LogP) is 0.482. The first kappa shape index (κ1) is 16.4. The lowest BCUT2D eigenvalue weighted by Crippen LogP contribution is -2.38. The van der Waals surface area contributed by atoms with Crippen LogP contribution >= 0.6 is 0 Å². The lowest BCUT2D eigenvalue weighted by molar-refractivity contribution is 0.0937. The van der Waals surface area contributed by atoms with E-state index in [1.54, 1.807) is 6.92 Å². The van der Waals surface area contributed by atoms with Crippen LogP contribution in [0.4, 0.5) is 0 Å². The Bertz CT molecular complexity index is 901. The Kier molecular flexibility index (Phi) is 4.44. The maximum absolute atomic E-state index is 12.3. The van der Waals surface area contributed by atoms with E-state index in [-0.39, 0.29) is 11.7 Å². The van der Waals surface area contributed by atoms with E-state index in [1.807, 2.05) is 0 Å². The maximum Gasteiger partial charge on any atom is 0.291 e. The van der Waals surface area contributed by atoms with E-state index in [2.05, 4.69) is 59.7 Å². The highest BCUT2D eigenvalue weighted by atomic mass is 16.2. The van der Waals surface area contributed by atoms with Crippen LogP contribution in [-0.2, 0) is 13.0 Å². The number of carbonyl (C=O) groups excluding carboxylic acids is 1. The second kappa shape index (κ2) is 7.04. The van der Waals surface area contributed by atoms with E-state index in [0.717, 1.165) is 26.1 Å². The molecule has 4 rings (SSSR count). The molecule has 2 aromatic heterocycles. The van der Waals surface area contributed by atoms with E-state index in [9.17, 15) is 4.79 Å². The molecule has 0 spiro atoms. The van der Waals surface area contributed by atoms with Gasteiger partial charge in [0.1, 0.15) is 12.2 Å². The number of amides is 1. The number of H-pyrrole nitrogens is 1. The largest absolute Gasteiger partial charge is 0.348 e. The third kappa shape index (κ3) is 3.33. The number of aromatic amines is 1. The second-order valence-electron chi connectivity index (χ2n) is 6.25. The van der Waals surface area contributed by atoms with Crippen LogP contribution in [0.3, 0.4) is 0 Å². The van der Waals surface area contributed by atoms with Gasteiger partial charge in [-0.1, -0.05) is 24.3 Å². The van der Waals surface area contributed by atoms with Gasteiger partial charge in [0, 0.05) is 26.2 Å². The Balaban J connectivity index is 1.32. The lowest BCUT2D eigenvalue weighted by Gasteiger charge is -2.28. The smallest absolute Gasteiger partial charge is 0.291 e. The van der Waals surface area contributed by atoms with Crippen LogP contribution < -0.4 is 5.32 Å². The molecule has 1 aromatic carbocycles. The van der Waals surface area contributed by atoms with Crippen molar-refractivity contribution in [1.29, 1.82) is 0 Å². The third-order valence-electron chi connectivity index (χ3n) is 4.50. The van der Waals surface area contributed by atoms with Crippen LogP contribution in [0.15, 0.2) is 30.6 Å². The highest BCUT2D eigenvalue weighted by Crippen LogP contribution is 2.17. The minimum absolute atomic E-state index is 0.128. The number of nitrogens with zero attached hydrogens (tertiary/aromatic N) is 6. The minimum Gasteiger partial charge on any atom is -0.348 e. The van der Waals surface area contributed by atoms with Gasteiger partial charge in [-0.3, -0.25) is 9.69 Å². The molecule has 3 aromatic rings. The molecule has 0 saturated heterocycles. The van der Waals surface area contributed by atoms with Gasteiger partial charge < -0.3 is 5.32 Å². The van der Waals surface area contributed by atoms with Gasteiger partial charge >= 0.3 is 0 Å². The fourth-order valence-corrected chi connectivity index (χ4v) is 3.14. The molecule has 134 valence electrons. The molecular formula is C17H20N8O. The third-order valence-corrected chi connectivity index (χ3v) is 4.50. The molecule has 0 fully saturated rings. The Labute approximate surface area is 150 Å². The highest BCUT2D eigenvalue weighted by molar-refractivity contribution is 5.90. The first-order valence-corrected chi connectivity index (χ1v) is 8.57. The lowest BCUT2D eigenvalue weighted by atomic mass is 10.00. The Morgan fingerprint density at radius 3 is 2.96 bits per heavy atom. The van der Waals surface area contributed by atoms with Gasteiger partial charge in [0.25, 0.3) is 5.91 Å². The van der Waals surface area contributed by atoms with Crippen molar-refractivity contribution in [3.63, 3.8) is 0 Å². The standard InChI is InChI=1S/C17H20N8O/c1-12-21-15(23-25(12)17-19-11-20-22-17)16(26)18-7-9-24-8-6-13-4-2-3-5-14(13)10-24/h2-5,11H,6-10H2,1H3,(H,18,26)(H,19,20,22). The molecule has 9 heteroatoms. The van der Waals surface area contributed by atoms with Crippen molar-refractivity contribution in [2.24, 2.45) is 0 Å². The van der Waals surface area contributed by atoms with Crippen molar-refractivity contribution in [3.05, 3.63) is 53.4 Å². The van der Waals surface area contributed by atoms with Gasteiger partial charge in [-0.05, 0) is 24.5 Å². The summed E-state index contributed by atoms with van der Waals surface area (Å²) in [5, 5.41) is 13.6. The number of aromatic nitrogens is 6. The summed E-state index contributed by atoms with van der Waals surface area (Å²) in [6.07, 6.45) is 2.43. The fourth-order valence-electron chi connectivity index (χ4n) is 3.14. The molecule has 1 aliphatic rings. The molecule has 1 amide bonds. The number of carbonyl (C=O) groups is 1. The van der Waals surface area contributed by atoms with Crippen LogP contribution in [0, 0.1) is 6.92 Å². The summed E-state index contributed by atoms with van der Waals surface area (Å²) in [6.45, 7) is 5.03. The average Bonchev–Trinajstić information content (AvgIpc) is 3.31. The van der Waals surface area contributed by atoms with Crippen molar-refractivity contribution in [2.75, 3.05) is 19.6 Å². The summed E-state index contributed by atoms with van der Waals surface area (Å²) in [4.78, 5) is 22.9. The number of nitrogens with one attached hydrogen (secondary N) is 2. The van der Waals surface area contributed by atoms with Crippen LogP contribution in [0.5, 0.6) is 0 Å². The quantitative estimate of drug-likeness (QED) is 0.692. The molecule has 0 atom stereocenters. The van der Waals surface area contributed by atoms with E-state index in [1.165, 1.54) is 22.1 Å². The molecule has 1 aliphatic heterocycles. The van der Waals surface area contributed by atoms with E-state index in [0.29, 0.717) is 18.3 Å². The summed E-state index contributed by atoms with van der Waals surface area (Å²) < 4.78 is 1.46. The summed E-state index contributed by atoms with van der Waals surface area (Å²) in [5.41, 5.74) is 2.79. The van der Waals surface area contributed by atoms with Crippen LogP contribution in [-0.4, -0.2) is 60.4 Å². The number of hydrogen-bond donors (Lipinski definition) is 2. The number of rotatable bonds is 5. The topological polar surface area (TPSA) is 105 Å². The van der Waals surface area contributed by atoms with Crippen LogP contribution in [0.2, 0.25) is 0 Å². The summed E-state index contributed by atoms with van der Waals surface area (Å²) >= 11 is 0. The molecule has 3 heterocycles. The van der Waals surface area contributed by atoms with Gasteiger partial charge in [0.05, 0.1) is 0 Å². The van der Waals surface area contributed by atoms with Crippen molar-refractivity contribution in [2.45, 2.75) is 19.9 Å². The van der Waals surface area contributed by atoms with Gasteiger partial charge in [-0.25, -0.2) is 10.1 Å². The normalized spacial score (nSPS) is 14.2. The van der Waals surface area contributed by atoms with Crippen molar-refractivity contribution < 1.29 is 4.79 Å².